The van der Waals surface area contributed by atoms with Gasteiger partial charge in [0.2, 0.25) is 0 Å². The van der Waals surface area contributed by atoms with Gasteiger partial charge in [0.25, 0.3) is 0 Å². The fourth-order valence-electron chi connectivity index (χ4n) is 8.36. The first-order valence-corrected chi connectivity index (χ1v) is 28.7. The van der Waals surface area contributed by atoms with Crippen LogP contribution in [0.5, 0.6) is 0 Å². The SMILES string of the molecule is CC(C)(C)c1ccccn1.Cc1ocnc1C(C)(C)C.Cc1scnc1C(C)(C)C.Cn1cccc1C(C)(C)C.Cn1ccnc1C(C)(C)C.Cn1ccnc1C(C)(C)C.Cn1nccc1C(C)(C)C.Cn1ncnc1C(C)(C)C. The molecule has 0 N–H and O–H groups in total. The molecule has 8 rings (SSSR count). The summed E-state index contributed by atoms with van der Waals surface area (Å²) in [5.74, 6) is 4.21. The maximum atomic E-state index is 5.08. The molecule has 446 valence electrons. The summed E-state index contributed by atoms with van der Waals surface area (Å²) < 4.78 is 15.1. The first-order valence-electron chi connectivity index (χ1n) is 27.8. The number of aryl methyl sites for hydroxylation is 7. The van der Waals surface area contributed by atoms with Gasteiger partial charge in [-0.1, -0.05) is 172 Å². The molecule has 0 amide bonds. The van der Waals surface area contributed by atoms with Gasteiger partial charge >= 0.3 is 0 Å². The number of rotatable bonds is 0. The zero-order valence-electron chi connectivity index (χ0n) is 55.9. The van der Waals surface area contributed by atoms with E-state index in [9.17, 15) is 0 Å². The second-order valence-electron chi connectivity index (χ2n) is 28.5. The molecule has 8 heterocycles. The van der Waals surface area contributed by atoms with Crippen molar-refractivity contribution < 1.29 is 4.42 Å². The second-order valence-corrected chi connectivity index (χ2v) is 29.6. The molecule has 8 aromatic heterocycles. The summed E-state index contributed by atoms with van der Waals surface area (Å²) in [6, 6.07) is 12.3. The fraction of sp³-hybridized carbons (Fsp3) is 0.600. The van der Waals surface area contributed by atoms with E-state index in [1.807, 2.05) is 94.6 Å². The van der Waals surface area contributed by atoms with Crippen LogP contribution in [0.15, 0.2) is 102 Å². The van der Waals surface area contributed by atoms with E-state index in [2.05, 4.69) is 264 Å². The van der Waals surface area contributed by atoms with Crippen molar-refractivity contribution in [2.45, 2.75) is 223 Å². The highest BCUT2D eigenvalue weighted by atomic mass is 32.1. The van der Waals surface area contributed by atoms with Crippen molar-refractivity contribution in [3.05, 3.63) is 155 Å². The monoisotopic (exact) mass is 1120 g/mol. The van der Waals surface area contributed by atoms with E-state index in [1.165, 1.54) is 28.4 Å². The normalized spacial score (nSPS) is 11.9. The van der Waals surface area contributed by atoms with Crippen LogP contribution in [-0.4, -0.2) is 63.2 Å². The molecule has 0 spiro atoms. The summed E-state index contributed by atoms with van der Waals surface area (Å²) in [5.41, 5.74) is 9.42. The summed E-state index contributed by atoms with van der Waals surface area (Å²) >= 11 is 1.72. The molecule has 15 heteroatoms. The number of imidazole rings is 2. The lowest BCUT2D eigenvalue weighted by molar-refractivity contribution is 0.506. The van der Waals surface area contributed by atoms with E-state index in [0.717, 1.165) is 34.6 Å². The lowest BCUT2D eigenvalue weighted by Crippen LogP contribution is -2.17. The summed E-state index contributed by atoms with van der Waals surface area (Å²) in [7, 11) is 10.0. The number of thiazole rings is 1. The molecule has 0 unspecified atom stereocenters. The Balaban J connectivity index is 0.000000457. The van der Waals surface area contributed by atoms with E-state index in [4.69, 9.17) is 4.42 Å². The number of aromatic nitrogens is 13. The van der Waals surface area contributed by atoms with Gasteiger partial charge in [0, 0.05) is 144 Å². The fourth-order valence-corrected chi connectivity index (χ4v) is 9.15. The highest BCUT2D eigenvalue weighted by Gasteiger charge is 2.22. The molecule has 0 saturated heterocycles. The van der Waals surface area contributed by atoms with Gasteiger partial charge in [-0.15, -0.1) is 11.3 Å². The third kappa shape index (κ3) is 25.2. The quantitative estimate of drug-likeness (QED) is 0.145. The molecule has 0 atom stereocenters. The van der Waals surface area contributed by atoms with Crippen LogP contribution in [0.4, 0.5) is 0 Å². The van der Waals surface area contributed by atoms with Crippen LogP contribution < -0.4 is 0 Å². The minimum absolute atomic E-state index is 0.102. The van der Waals surface area contributed by atoms with Gasteiger partial charge in [-0.05, 0) is 44.2 Å². The van der Waals surface area contributed by atoms with Crippen LogP contribution in [0.2, 0.25) is 0 Å². The van der Waals surface area contributed by atoms with Gasteiger partial charge in [0.15, 0.2) is 6.39 Å². The minimum atomic E-state index is 0.102. The van der Waals surface area contributed by atoms with Crippen LogP contribution in [0, 0.1) is 13.8 Å². The maximum absolute atomic E-state index is 5.08. The van der Waals surface area contributed by atoms with Gasteiger partial charge in [-0.2, -0.15) is 10.2 Å². The van der Waals surface area contributed by atoms with E-state index >= 15 is 0 Å². The Hall–Kier alpha value is -5.96. The zero-order chi connectivity index (χ0) is 62.0. The van der Waals surface area contributed by atoms with Crippen molar-refractivity contribution >= 4 is 11.3 Å². The first-order chi connectivity index (χ1) is 36.2. The number of hydrogen-bond acceptors (Lipinski definition) is 10. The molecule has 0 saturated carbocycles. The van der Waals surface area contributed by atoms with Crippen LogP contribution >= 0.6 is 11.3 Å². The van der Waals surface area contributed by atoms with Gasteiger partial charge in [-0.25, -0.2) is 24.9 Å². The molecule has 0 bridgehead atoms. The predicted molar refractivity (Wildman–Crippen MR) is 338 cm³/mol. The van der Waals surface area contributed by atoms with Crippen LogP contribution in [0.25, 0.3) is 0 Å². The number of pyridine rings is 1. The van der Waals surface area contributed by atoms with E-state index in [0.29, 0.717) is 0 Å². The molecule has 80 heavy (non-hydrogen) atoms. The summed E-state index contributed by atoms with van der Waals surface area (Å²) in [6.07, 6.45) is 16.4. The summed E-state index contributed by atoms with van der Waals surface area (Å²) in [4.78, 5) is 26.7. The first kappa shape index (κ1) is 72.1. The molecular formula is C65H109N13OS. The highest BCUT2D eigenvalue weighted by Crippen LogP contribution is 2.27. The molecule has 14 nitrogen and oxygen atoms in total. The third-order valence-corrected chi connectivity index (χ3v) is 12.8. The van der Waals surface area contributed by atoms with Gasteiger partial charge in [0.05, 0.1) is 16.9 Å². The van der Waals surface area contributed by atoms with Crippen LogP contribution in [-0.2, 0) is 78.6 Å². The standard InChI is InChI=1S/C9H15N.C9H13N.3C8H14N2.C8H13NO.C8H13NS.C7H13N3/c1-9(2,3)8-6-5-7-10(8)4;1-9(2,3)8-6-4-5-7-10-8;2*1-8(2,3)7-9-5-6-10(7)4;1-8(2,3)7-5-6-9-10(7)4;2*1-6-7(8(2,3)4)9-5-10-6;1-7(2,3)6-8-5-9-10(6)4/h5-7H,1-4H3;4-7H,1-3H3;3*5-6H,1-4H3;3*5H,1-4H3. The zero-order valence-corrected chi connectivity index (χ0v) is 56.7. The van der Waals surface area contributed by atoms with Crippen molar-refractivity contribution in [3.63, 3.8) is 0 Å². The molecule has 0 aromatic carbocycles. The van der Waals surface area contributed by atoms with Crippen molar-refractivity contribution in [2.75, 3.05) is 0 Å². The third-order valence-electron chi connectivity index (χ3n) is 12.0. The van der Waals surface area contributed by atoms with Crippen LogP contribution in [0.3, 0.4) is 0 Å². The van der Waals surface area contributed by atoms with Gasteiger partial charge in [-0.3, -0.25) is 14.3 Å². The van der Waals surface area contributed by atoms with Crippen molar-refractivity contribution in [1.29, 1.82) is 0 Å². The Kier molecular flexibility index (Phi) is 26.7. The number of oxazole rings is 1. The van der Waals surface area contributed by atoms with E-state index in [-0.39, 0.29) is 43.3 Å². The van der Waals surface area contributed by atoms with E-state index in [1.54, 1.807) is 22.3 Å². The van der Waals surface area contributed by atoms with Gasteiger partial charge in [0.1, 0.15) is 29.6 Å². The minimum Gasteiger partial charge on any atom is -0.448 e. The molecule has 0 aliphatic carbocycles. The summed E-state index contributed by atoms with van der Waals surface area (Å²) in [5, 5.41) is 8.09. The lowest BCUT2D eigenvalue weighted by atomic mass is 9.91. The second kappa shape index (κ2) is 29.7. The van der Waals surface area contributed by atoms with Crippen molar-refractivity contribution in [3.8, 4) is 0 Å². The summed E-state index contributed by atoms with van der Waals surface area (Å²) in [6.45, 7) is 56.1. The topological polar surface area (TPSA) is 141 Å². The Labute approximate surface area is 489 Å². The largest absolute Gasteiger partial charge is 0.448 e. The molecular weight excluding hydrogens is 1010 g/mol. The van der Waals surface area contributed by atoms with Gasteiger partial charge < -0.3 is 18.1 Å². The molecule has 0 fully saturated rings. The Morgan fingerprint density at radius 1 is 0.388 bits per heavy atom. The number of nitrogens with zero attached hydrogens (tertiary/aromatic N) is 13. The lowest BCUT2D eigenvalue weighted by Gasteiger charge is -2.19. The highest BCUT2D eigenvalue weighted by molar-refractivity contribution is 7.09. The number of hydrogen-bond donors (Lipinski definition) is 0. The maximum Gasteiger partial charge on any atom is 0.181 e. The smallest absolute Gasteiger partial charge is 0.181 e. The average molecular weight is 1120 g/mol. The van der Waals surface area contributed by atoms with Crippen molar-refractivity contribution in [1.82, 2.24) is 63.2 Å². The Morgan fingerprint density at radius 3 is 1.07 bits per heavy atom. The molecule has 0 aliphatic heterocycles. The molecule has 0 aliphatic rings. The average Bonchev–Trinajstić information content (AvgIpc) is 4.15. The Bertz CT molecular complexity index is 2440. The predicted octanol–water partition coefficient (Wildman–Crippen LogP) is 16.0. The molecule has 0 radical (unpaired) electrons. The van der Waals surface area contributed by atoms with Crippen molar-refractivity contribution in [2.24, 2.45) is 35.2 Å². The van der Waals surface area contributed by atoms with Crippen LogP contribution in [0.1, 0.15) is 223 Å². The Morgan fingerprint density at radius 2 is 0.887 bits per heavy atom. The molecule has 8 aromatic rings. The van der Waals surface area contributed by atoms with E-state index < -0.39 is 0 Å².